The van der Waals surface area contributed by atoms with E-state index in [2.05, 4.69) is 11.8 Å². The number of hydrogen-bond donors (Lipinski definition) is 0. The highest BCUT2D eigenvalue weighted by atomic mass is 16.2. The van der Waals surface area contributed by atoms with Gasteiger partial charge in [0.2, 0.25) is 0 Å². The van der Waals surface area contributed by atoms with Crippen molar-refractivity contribution in [2.75, 3.05) is 13.1 Å². The third-order valence-electron chi connectivity index (χ3n) is 3.95. The van der Waals surface area contributed by atoms with Crippen molar-refractivity contribution in [3.63, 3.8) is 0 Å². The number of hydrogen-bond acceptors (Lipinski definition) is 2. The highest BCUT2D eigenvalue weighted by Gasteiger charge is 2.68. The fourth-order valence-corrected chi connectivity index (χ4v) is 3.20. The van der Waals surface area contributed by atoms with Crippen LogP contribution < -0.4 is 0 Å². The lowest BCUT2D eigenvalue weighted by Crippen LogP contribution is -2.49. The van der Waals surface area contributed by atoms with Gasteiger partial charge in [0.05, 0.1) is 0 Å². The number of carbonyl (C=O) groups is 2. The van der Waals surface area contributed by atoms with Crippen molar-refractivity contribution >= 4 is 11.9 Å². The Morgan fingerprint density at radius 3 is 2.81 bits per heavy atom. The minimum Gasteiger partial charge on any atom is -0.309 e. The second-order valence-electron chi connectivity index (χ2n) is 4.83. The van der Waals surface area contributed by atoms with Gasteiger partial charge < -0.3 is 4.90 Å². The predicted molar refractivity (Wildman–Crippen MR) is 57.3 cm³/mol. The summed E-state index contributed by atoms with van der Waals surface area (Å²) in [4.78, 5) is 27.3. The molecule has 0 unspecified atom stereocenters. The van der Waals surface area contributed by atoms with Crippen molar-refractivity contribution in [1.29, 1.82) is 0 Å². The number of urea groups is 1. The topological polar surface area (TPSA) is 40.6 Å². The van der Waals surface area contributed by atoms with E-state index in [1.54, 1.807) is 11.8 Å². The van der Waals surface area contributed by atoms with Gasteiger partial charge in [0.15, 0.2) is 0 Å². The maximum atomic E-state index is 12.2. The Morgan fingerprint density at radius 1 is 1.44 bits per heavy atom. The van der Waals surface area contributed by atoms with Gasteiger partial charge in [-0.15, -0.1) is 11.8 Å². The lowest BCUT2D eigenvalue weighted by atomic mass is 9.73. The molecule has 3 aliphatic heterocycles. The van der Waals surface area contributed by atoms with Crippen LogP contribution in [-0.4, -0.2) is 40.4 Å². The van der Waals surface area contributed by atoms with Gasteiger partial charge in [0.1, 0.15) is 5.54 Å². The largest absolute Gasteiger partial charge is 0.327 e. The number of imide groups is 1. The molecule has 84 valence electrons. The Hall–Kier alpha value is -1.50. The molecular weight excluding hydrogens is 204 g/mol. The fourth-order valence-electron chi connectivity index (χ4n) is 3.20. The molecule has 4 heteroatoms. The van der Waals surface area contributed by atoms with Gasteiger partial charge in [-0.3, -0.25) is 9.69 Å². The van der Waals surface area contributed by atoms with Crippen LogP contribution in [0.1, 0.15) is 26.2 Å². The van der Waals surface area contributed by atoms with Crippen LogP contribution in [0.15, 0.2) is 0 Å². The van der Waals surface area contributed by atoms with Gasteiger partial charge in [-0.25, -0.2) is 4.79 Å². The summed E-state index contributed by atoms with van der Waals surface area (Å²) in [6.45, 7) is 2.99. The second kappa shape index (κ2) is 3.00. The first-order valence-corrected chi connectivity index (χ1v) is 5.72. The van der Waals surface area contributed by atoms with E-state index < -0.39 is 5.54 Å². The van der Waals surface area contributed by atoms with Crippen LogP contribution >= 0.6 is 0 Å². The lowest BCUT2D eigenvalue weighted by molar-refractivity contribution is -0.135. The summed E-state index contributed by atoms with van der Waals surface area (Å²) < 4.78 is 0. The first-order chi connectivity index (χ1) is 7.69. The van der Waals surface area contributed by atoms with Crippen molar-refractivity contribution in [3.05, 3.63) is 0 Å². The molecule has 16 heavy (non-hydrogen) atoms. The Labute approximate surface area is 94.6 Å². The molecule has 1 spiro atoms. The molecule has 0 aromatic carbocycles. The number of amides is 3. The van der Waals surface area contributed by atoms with Gasteiger partial charge in [-0.05, 0) is 25.7 Å². The molecular formula is C12H14N2O2. The van der Waals surface area contributed by atoms with Crippen molar-refractivity contribution in [2.45, 2.75) is 31.7 Å². The molecule has 0 atom stereocenters. The fraction of sp³-hybridized carbons (Fsp3) is 0.667. The van der Waals surface area contributed by atoms with E-state index in [1.165, 1.54) is 4.90 Å². The van der Waals surface area contributed by atoms with Crippen LogP contribution in [0.3, 0.4) is 0 Å². The Balaban J connectivity index is 1.79. The monoisotopic (exact) mass is 218 g/mol. The molecule has 4 aliphatic rings. The summed E-state index contributed by atoms with van der Waals surface area (Å²) in [6.07, 6.45) is 2.35. The minimum atomic E-state index is -0.429. The van der Waals surface area contributed by atoms with E-state index in [1.807, 2.05) is 0 Å². The van der Waals surface area contributed by atoms with E-state index >= 15 is 0 Å². The number of rotatable bonds is 2. The maximum Gasteiger partial charge on any atom is 0.327 e. The summed E-state index contributed by atoms with van der Waals surface area (Å²) in [5.41, 5.74) is -0.429. The first-order valence-electron chi connectivity index (χ1n) is 5.72. The molecule has 1 saturated carbocycles. The minimum absolute atomic E-state index is 0.0177. The smallest absolute Gasteiger partial charge is 0.309 e. The molecule has 4 nitrogen and oxygen atoms in total. The Bertz CT molecular complexity index is 423. The third-order valence-corrected chi connectivity index (χ3v) is 3.95. The summed E-state index contributed by atoms with van der Waals surface area (Å²) in [6, 6.07) is -0.0945. The third kappa shape index (κ3) is 0.960. The molecule has 4 fully saturated rings. The van der Waals surface area contributed by atoms with Crippen molar-refractivity contribution in [3.8, 4) is 11.8 Å². The second-order valence-corrected chi connectivity index (χ2v) is 4.83. The van der Waals surface area contributed by atoms with E-state index in [4.69, 9.17) is 0 Å². The molecule has 3 saturated heterocycles. The standard InChI is InChI=1S/C12H14N2O2/c1-2-3-4-5-13-10(15)12-6-9(7-12)8-14(12)11(13)16/h9H,4-8H2,1H3. The molecule has 1 aliphatic carbocycles. The van der Waals surface area contributed by atoms with E-state index in [9.17, 15) is 9.59 Å². The summed E-state index contributed by atoms with van der Waals surface area (Å²) in [5.74, 6) is 6.26. The Kier molecular flexibility index (Phi) is 1.82. The summed E-state index contributed by atoms with van der Waals surface area (Å²) in [7, 11) is 0. The lowest BCUT2D eigenvalue weighted by Gasteiger charge is -2.34. The van der Waals surface area contributed by atoms with Gasteiger partial charge in [-0.2, -0.15) is 0 Å². The average molecular weight is 218 g/mol. The molecule has 0 aromatic rings. The zero-order valence-electron chi connectivity index (χ0n) is 9.32. The molecule has 3 amide bonds. The molecule has 0 N–H and O–H groups in total. The van der Waals surface area contributed by atoms with Crippen LogP contribution in [0.25, 0.3) is 0 Å². The first kappa shape index (κ1) is 9.71. The molecule has 3 heterocycles. The van der Waals surface area contributed by atoms with Crippen LogP contribution in [0, 0.1) is 17.8 Å². The van der Waals surface area contributed by atoms with Crippen molar-refractivity contribution in [1.82, 2.24) is 9.80 Å². The van der Waals surface area contributed by atoms with Gasteiger partial charge in [0, 0.05) is 19.5 Å². The number of carbonyl (C=O) groups excluding carboxylic acids is 2. The highest BCUT2D eigenvalue weighted by Crippen LogP contribution is 2.54. The maximum absolute atomic E-state index is 12.2. The summed E-state index contributed by atoms with van der Waals surface area (Å²) in [5, 5.41) is 0. The molecule has 0 radical (unpaired) electrons. The van der Waals surface area contributed by atoms with Gasteiger partial charge in [-0.1, -0.05) is 0 Å². The van der Waals surface area contributed by atoms with Crippen LogP contribution in [0.4, 0.5) is 4.79 Å². The molecule has 4 rings (SSSR count). The molecule has 2 bridgehead atoms. The van der Waals surface area contributed by atoms with Gasteiger partial charge >= 0.3 is 6.03 Å². The summed E-state index contributed by atoms with van der Waals surface area (Å²) >= 11 is 0. The zero-order valence-corrected chi connectivity index (χ0v) is 9.32. The predicted octanol–water partition coefficient (Wildman–Crippen LogP) is 0.826. The number of nitrogens with zero attached hydrogens (tertiary/aromatic N) is 2. The van der Waals surface area contributed by atoms with E-state index in [-0.39, 0.29) is 11.9 Å². The zero-order chi connectivity index (χ0) is 11.3. The van der Waals surface area contributed by atoms with Crippen molar-refractivity contribution < 1.29 is 9.59 Å². The molecule has 0 aromatic heterocycles. The average Bonchev–Trinajstić information content (AvgIpc) is 2.81. The van der Waals surface area contributed by atoms with Crippen molar-refractivity contribution in [2.24, 2.45) is 5.92 Å². The van der Waals surface area contributed by atoms with Crippen LogP contribution in [-0.2, 0) is 4.79 Å². The van der Waals surface area contributed by atoms with Gasteiger partial charge in [0.25, 0.3) is 5.91 Å². The normalized spacial score (nSPS) is 34.7. The van der Waals surface area contributed by atoms with E-state index in [0.29, 0.717) is 18.9 Å². The van der Waals surface area contributed by atoms with Crippen LogP contribution in [0.5, 0.6) is 0 Å². The quantitative estimate of drug-likeness (QED) is 0.508. The van der Waals surface area contributed by atoms with E-state index in [0.717, 1.165) is 19.4 Å². The Morgan fingerprint density at radius 2 is 2.19 bits per heavy atom. The SMILES string of the molecule is CC#CCCN1C(=O)N2CC3CC2(C3)C1=O. The highest BCUT2D eigenvalue weighted by molar-refractivity contribution is 6.08. The van der Waals surface area contributed by atoms with Crippen LogP contribution in [0.2, 0.25) is 0 Å².